The largest absolute Gasteiger partial charge is 0.502 e. The molecule has 1 aromatic rings. The Kier molecular flexibility index (Phi) is 3.99. The van der Waals surface area contributed by atoms with Crippen molar-refractivity contribution in [2.45, 2.75) is 12.8 Å². The van der Waals surface area contributed by atoms with Gasteiger partial charge >= 0.3 is 5.97 Å². The van der Waals surface area contributed by atoms with E-state index in [0.29, 0.717) is 17.7 Å². The SMILES string of the molecule is COc1ccc(CCC(=O)O)c(OC)c1O. The van der Waals surface area contributed by atoms with E-state index in [1.807, 2.05) is 0 Å². The first kappa shape index (κ1) is 12.2. The molecule has 2 N–H and O–H groups in total. The van der Waals surface area contributed by atoms with Crippen LogP contribution >= 0.6 is 0 Å². The van der Waals surface area contributed by atoms with E-state index in [1.165, 1.54) is 14.2 Å². The van der Waals surface area contributed by atoms with Crippen LogP contribution in [0.3, 0.4) is 0 Å². The number of ether oxygens (including phenoxy) is 2. The average molecular weight is 226 g/mol. The fraction of sp³-hybridized carbons (Fsp3) is 0.364. The molecule has 0 aliphatic heterocycles. The van der Waals surface area contributed by atoms with Crippen LogP contribution in [0.15, 0.2) is 12.1 Å². The van der Waals surface area contributed by atoms with Gasteiger partial charge in [-0.25, -0.2) is 0 Å². The quantitative estimate of drug-likeness (QED) is 0.794. The Morgan fingerprint density at radius 2 is 2.00 bits per heavy atom. The van der Waals surface area contributed by atoms with Crippen LogP contribution in [0.4, 0.5) is 0 Å². The highest BCUT2D eigenvalue weighted by Gasteiger charge is 2.14. The summed E-state index contributed by atoms with van der Waals surface area (Å²) in [5.41, 5.74) is 0.642. The second kappa shape index (κ2) is 5.25. The van der Waals surface area contributed by atoms with Crippen molar-refractivity contribution in [3.8, 4) is 17.2 Å². The lowest BCUT2D eigenvalue weighted by Gasteiger charge is -2.12. The number of carboxylic acid groups (broad SMARTS) is 1. The van der Waals surface area contributed by atoms with E-state index in [4.69, 9.17) is 14.6 Å². The van der Waals surface area contributed by atoms with Crippen molar-refractivity contribution in [2.24, 2.45) is 0 Å². The fourth-order valence-corrected chi connectivity index (χ4v) is 1.43. The summed E-state index contributed by atoms with van der Waals surface area (Å²) in [7, 11) is 2.85. The monoisotopic (exact) mass is 226 g/mol. The summed E-state index contributed by atoms with van der Waals surface area (Å²) in [6.07, 6.45) is 0.290. The number of phenols is 1. The molecule has 0 atom stereocenters. The molecule has 0 spiro atoms. The molecule has 0 bridgehead atoms. The van der Waals surface area contributed by atoms with Crippen LogP contribution in [0.1, 0.15) is 12.0 Å². The van der Waals surface area contributed by atoms with E-state index in [9.17, 15) is 9.90 Å². The standard InChI is InChI=1S/C11H14O5/c1-15-8-5-3-7(4-6-9(12)13)11(16-2)10(8)14/h3,5,14H,4,6H2,1-2H3,(H,12,13). The van der Waals surface area contributed by atoms with Gasteiger partial charge in [-0.3, -0.25) is 4.79 Å². The summed E-state index contributed by atoms with van der Waals surface area (Å²) in [4.78, 5) is 10.5. The minimum Gasteiger partial charge on any atom is -0.502 e. The van der Waals surface area contributed by atoms with Crippen LogP contribution in [0.5, 0.6) is 17.2 Å². The first-order chi connectivity index (χ1) is 7.60. The van der Waals surface area contributed by atoms with Crippen molar-refractivity contribution in [3.05, 3.63) is 17.7 Å². The van der Waals surface area contributed by atoms with Gasteiger partial charge in [0.05, 0.1) is 14.2 Å². The molecule has 0 unspecified atom stereocenters. The maximum atomic E-state index is 10.5. The molecule has 5 nitrogen and oxygen atoms in total. The van der Waals surface area contributed by atoms with E-state index < -0.39 is 5.97 Å². The highest BCUT2D eigenvalue weighted by Crippen LogP contribution is 2.39. The smallest absolute Gasteiger partial charge is 0.303 e. The Morgan fingerprint density at radius 3 is 2.50 bits per heavy atom. The van der Waals surface area contributed by atoms with E-state index in [2.05, 4.69) is 0 Å². The molecule has 16 heavy (non-hydrogen) atoms. The predicted molar refractivity (Wildman–Crippen MR) is 57.2 cm³/mol. The molecule has 0 saturated carbocycles. The van der Waals surface area contributed by atoms with Gasteiger partial charge in [0.1, 0.15) is 0 Å². The Balaban J connectivity index is 3.01. The molecule has 0 radical (unpaired) electrons. The number of aliphatic carboxylic acids is 1. The molecule has 0 saturated heterocycles. The zero-order chi connectivity index (χ0) is 12.1. The molecule has 5 heteroatoms. The van der Waals surface area contributed by atoms with E-state index in [1.54, 1.807) is 12.1 Å². The van der Waals surface area contributed by atoms with Gasteiger partial charge in [0.25, 0.3) is 0 Å². The average Bonchev–Trinajstić information content (AvgIpc) is 2.26. The van der Waals surface area contributed by atoms with Crippen LogP contribution < -0.4 is 9.47 Å². The summed E-state index contributed by atoms with van der Waals surface area (Å²) >= 11 is 0. The number of phenolic OH excluding ortho intramolecular Hbond substituents is 1. The topological polar surface area (TPSA) is 76.0 Å². The zero-order valence-corrected chi connectivity index (χ0v) is 9.19. The lowest BCUT2D eigenvalue weighted by atomic mass is 10.1. The molecule has 88 valence electrons. The highest BCUT2D eigenvalue weighted by atomic mass is 16.5. The molecule has 0 aromatic heterocycles. The second-order valence-electron chi connectivity index (χ2n) is 3.20. The van der Waals surface area contributed by atoms with Gasteiger partial charge in [0, 0.05) is 6.42 Å². The van der Waals surface area contributed by atoms with Gasteiger partial charge in [-0.1, -0.05) is 6.07 Å². The van der Waals surface area contributed by atoms with Crippen LogP contribution in [0.2, 0.25) is 0 Å². The van der Waals surface area contributed by atoms with Gasteiger partial charge in [0.15, 0.2) is 11.5 Å². The Morgan fingerprint density at radius 1 is 1.31 bits per heavy atom. The summed E-state index contributed by atoms with van der Waals surface area (Å²) in [6.45, 7) is 0. The van der Waals surface area contributed by atoms with Crippen LogP contribution in [0, 0.1) is 0 Å². The third kappa shape index (κ3) is 2.56. The van der Waals surface area contributed by atoms with Gasteiger partial charge in [-0.2, -0.15) is 0 Å². The summed E-state index contributed by atoms with van der Waals surface area (Å²) in [5.74, 6) is -0.429. The Labute approximate surface area is 93.2 Å². The number of carbonyl (C=O) groups is 1. The third-order valence-electron chi connectivity index (χ3n) is 2.21. The summed E-state index contributed by atoms with van der Waals surface area (Å²) < 4.78 is 9.95. The van der Waals surface area contributed by atoms with Gasteiger partial charge < -0.3 is 19.7 Å². The number of methoxy groups -OCH3 is 2. The molecular formula is C11H14O5. The number of aromatic hydroxyl groups is 1. The normalized spacial score (nSPS) is 9.88. The molecule has 0 aliphatic carbocycles. The lowest BCUT2D eigenvalue weighted by Crippen LogP contribution is -2.00. The first-order valence-electron chi connectivity index (χ1n) is 4.74. The van der Waals surface area contributed by atoms with E-state index >= 15 is 0 Å². The maximum Gasteiger partial charge on any atom is 0.303 e. The van der Waals surface area contributed by atoms with Crippen molar-refractivity contribution < 1.29 is 24.5 Å². The molecule has 0 amide bonds. The molecular weight excluding hydrogens is 212 g/mol. The predicted octanol–water partition coefficient (Wildman–Crippen LogP) is 1.43. The zero-order valence-electron chi connectivity index (χ0n) is 9.19. The number of rotatable bonds is 5. The maximum absolute atomic E-state index is 10.5. The number of aryl methyl sites for hydroxylation is 1. The van der Waals surface area contributed by atoms with Crippen LogP contribution in [-0.4, -0.2) is 30.4 Å². The Hall–Kier alpha value is -1.91. The van der Waals surface area contributed by atoms with Crippen molar-refractivity contribution >= 4 is 5.97 Å². The second-order valence-corrected chi connectivity index (χ2v) is 3.20. The van der Waals surface area contributed by atoms with Gasteiger partial charge in [0.2, 0.25) is 5.75 Å². The van der Waals surface area contributed by atoms with Crippen molar-refractivity contribution in [1.82, 2.24) is 0 Å². The minimum absolute atomic E-state index is 0.0118. The lowest BCUT2D eigenvalue weighted by molar-refractivity contribution is -0.136. The van der Waals surface area contributed by atoms with Gasteiger partial charge in [-0.05, 0) is 18.1 Å². The highest BCUT2D eigenvalue weighted by molar-refractivity contribution is 5.67. The molecule has 0 aliphatic rings. The summed E-state index contributed by atoms with van der Waals surface area (Å²) in [6, 6.07) is 3.26. The number of benzene rings is 1. The third-order valence-corrected chi connectivity index (χ3v) is 2.21. The molecule has 0 heterocycles. The van der Waals surface area contributed by atoms with Crippen molar-refractivity contribution in [2.75, 3.05) is 14.2 Å². The molecule has 0 fully saturated rings. The van der Waals surface area contributed by atoms with E-state index in [0.717, 1.165) is 0 Å². The van der Waals surface area contributed by atoms with Crippen LogP contribution in [0.25, 0.3) is 0 Å². The minimum atomic E-state index is -0.891. The van der Waals surface area contributed by atoms with Gasteiger partial charge in [-0.15, -0.1) is 0 Å². The van der Waals surface area contributed by atoms with Crippen molar-refractivity contribution in [3.63, 3.8) is 0 Å². The summed E-state index contributed by atoms with van der Waals surface area (Å²) in [5, 5.41) is 18.3. The first-order valence-corrected chi connectivity index (χ1v) is 4.74. The number of hydrogen-bond donors (Lipinski definition) is 2. The number of carboxylic acids is 1. The van der Waals surface area contributed by atoms with E-state index in [-0.39, 0.29) is 17.9 Å². The van der Waals surface area contributed by atoms with Crippen LogP contribution in [-0.2, 0) is 11.2 Å². The van der Waals surface area contributed by atoms with Crippen molar-refractivity contribution in [1.29, 1.82) is 0 Å². The molecule has 1 aromatic carbocycles. The molecule has 1 rings (SSSR count). The number of hydrogen-bond acceptors (Lipinski definition) is 4. The fourth-order valence-electron chi connectivity index (χ4n) is 1.43. The Bertz CT molecular complexity index is 386.